The summed E-state index contributed by atoms with van der Waals surface area (Å²) < 4.78 is 38.0. The number of furan rings is 1. The lowest BCUT2D eigenvalue weighted by Gasteiger charge is -2.21. The number of methoxy groups -OCH3 is 1. The van der Waals surface area contributed by atoms with Crippen molar-refractivity contribution in [2.45, 2.75) is 11.4 Å². The molecule has 0 aliphatic carbocycles. The highest BCUT2D eigenvalue weighted by molar-refractivity contribution is 7.92. The number of carbonyl (C=O) groups excluding carboxylic acids is 1. The number of sulfonamides is 1. The third-order valence-corrected chi connectivity index (χ3v) is 5.61. The molecule has 1 aromatic heterocycles. The number of nitrogens with zero attached hydrogens (tertiary/aromatic N) is 1. The number of ether oxygens (including phenoxy) is 1. The molecule has 0 saturated heterocycles. The Balaban J connectivity index is 1.75. The van der Waals surface area contributed by atoms with Gasteiger partial charge >= 0.3 is 0 Å². The summed E-state index contributed by atoms with van der Waals surface area (Å²) in [5.74, 6) is 0.416. The summed E-state index contributed by atoms with van der Waals surface area (Å²) in [5, 5.41) is 0. The number of nitrogens with one attached hydrogen (secondary N) is 1. The lowest BCUT2D eigenvalue weighted by molar-refractivity contribution is 0.0666. The van der Waals surface area contributed by atoms with Gasteiger partial charge in [-0.15, -0.1) is 0 Å². The highest BCUT2D eigenvalue weighted by atomic mass is 32.2. The van der Waals surface area contributed by atoms with Crippen molar-refractivity contribution in [2.75, 3.05) is 25.0 Å². The van der Waals surface area contributed by atoms with Crippen molar-refractivity contribution in [3.8, 4) is 0 Å². The van der Waals surface area contributed by atoms with Crippen molar-refractivity contribution in [1.82, 2.24) is 4.90 Å². The van der Waals surface area contributed by atoms with E-state index in [2.05, 4.69) is 4.72 Å². The lowest BCUT2D eigenvalue weighted by atomic mass is 10.2. The molecule has 8 heteroatoms. The van der Waals surface area contributed by atoms with Crippen LogP contribution in [0.2, 0.25) is 0 Å². The van der Waals surface area contributed by atoms with Crippen molar-refractivity contribution < 1.29 is 22.4 Å². The highest BCUT2D eigenvalue weighted by Crippen LogP contribution is 2.18. The molecule has 0 fully saturated rings. The lowest BCUT2D eigenvalue weighted by Crippen LogP contribution is -2.33. The molecule has 2 aromatic carbocycles. The van der Waals surface area contributed by atoms with E-state index in [0.29, 0.717) is 36.7 Å². The number of carbonyl (C=O) groups is 1. The average Bonchev–Trinajstić information content (AvgIpc) is 3.24. The van der Waals surface area contributed by atoms with E-state index < -0.39 is 10.0 Å². The maximum atomic E-state index is 12.9. The van der Waals surface area contributed by atoms with Crippen molar-refractivity contribution in [2.24, 2.45) is 0 Å². The molecule has 0 atom stereocenters. The van der Waals surface area contributed by atoms with Crippen LogP contribution in [0.5, 0.6) is 0 Å². The van der Waals surface area contributed by atoms with Crippen LogP contribution in [0, 0.1) is 0 Å². The molecule has 0 bridgehead atoms. The molecular weight excluding hydrogens is 392 g/mol. The molecule has 1 N–H and O–H groups in total. The van der Waals surface area contributed by atoms with Crippen LogP contribution in [-0.2, 0) is 21.3 Å². The van der Waals surface area contributed by atoms with Gasteiger partial charge in [0.2, 0.25) is 0 Å². The second kappa shape index (κ2) is 9.40. The van der Waals surface area contributed by atoms with Gasteiger partial charge in [-0.25, -0.2) is 8.42 Å². The fourth-order valence-electron chi connectivity index (χ4n) is 2.72. The van der Waals surface area contributed by atoms with Gasteiger partial charge in [0.1, 0.15) is 5.76 Å². The number of anilines is 1. The topological polar surface area (TPSA) is 88.8 Å². The molecule has 0 radical (unpaired) electrons. The van der Waals surface area contributed by atoms with Crippen LogP contribution in [0.15, 0.2) is 82.3 Å². The van der Waals surface area contributed by atoms with Crippen LogP contribution in [-0.4, -0.2) is 39.5 Å². The second-order valence-electron chi connectivity index (χ2n) is 6.29. The van der Waals surface area contributed by atoms with E-state index in [4.69, 9.17) is 9.15 Å². The third kappa shape index (κ3) is 5.46. The van der Waals surface area contributed by atoms with Gasteiger partial charge in [-0.2, -0.15) is 0 Å². The van der Waals surface area contributed by atoms with Crippen LogP contribution in [0.3, 0.4) is 0 Å². The predicted molar refractivity (Wildman–Crippen MR) is 109 cm³/mol. The van der Waals surface area contributed by atoms with E-state index in [1.807, 2.05) is 0 Å². The van der Waals surface area contributed by atoms with Crippen molar-refractivity contribution >= 4 is 21.6 Å². The molecule has 29 heavy (non-hydrogen) atoms. The molecule has 0 aliphatic rings. The highest BCUT2D eigenvalue weighted by Gasteiger charge is 2.19. The van der Waals surface area contributed by atoms with Crippen LogP contribution in [0.25, 0.3) is 0 Å². The zero-order valence-electron chi connectivity index (χ0n) is 15.9. The van der Waals surface area contributed by atoms with Gasteiger partial charge in [0.15, 0.2) is 0 Å². The van der Waals surface area contributed by atoms with Crippen molar-refractivity contribution in [3.05, 3.63) is 84.3 Å². The summed E-state index contributed by atoms with van der Waals surface area (Å²) in [6.45, 7) is 1.05. The minimum atomic E-state index is -3.74. The van der Waals surface area contributed by atoms with Crippen LogP contribution in [0.1, 0.15) is 16.1 Å². The molecule has 0 aliphatic heterocycles. The SMILES string of the molecule is COCCN(Cc1ccco1)C(=O)c1ccc(S(=O)(=O)Nc2ccccc2)cc1. The Morgan fingerprint density at radius 1 is 1.03 bits per heavy atom. The Kier molecular flexibility index (Phi) is 6.69. The van der Waals surface area contributed by atoms with E-state index in [0.717, 1.165) is 0 Å². The molecular formula is C21H22N2O5S. The molecule has 0 unspecified atom stereocenters. The number of para-hydroxylation sites is 1. The fraction of sp³-hybridized carbons (Fsp3) is 0.190. The first-order chi connectivity index (χ1) is 14.0. The number of hydrogen-bond acceptors (Lipinski definition) is 5. The van der Waals surface area contributed by atoms with Gasteiger partial charge in [0.05, 0.1) is 24.3 Å². The molecule has 1 heterocycles. The van der Waals surface area contributed by atoms with Gasteiger partial charge in [-0.05, 0) is 48.5 Å². The first kappa shape index (κ1) is 20.6. The Labute approximate surface area is 170 Å². The van der Waals surface area contributed by atoms with Gasteiger partial charge in [-0.3, -0.25) is 9.52 Å². The smallest absolute Gasteiger partial charge is 0.261 e. The first-order valence-corrected chi connectivity index (χ1v) is 10.5. The zero-order valence-corrected chi connectivity index (χ0v) is 16.8. The monoisotopic (exact) mass is 414 g/mol. The molecule has 0 saturated carbocycles. The second-order valence-corrected chi connectivity index (χ2v) is 7.98. The van der Waals surface area contributed by atoms with Crippen LogP contribution in [0.4, 0.5) is 5.69 Å². The van der Waals surface area contributed by atoms with Gasteiger partial charge in [0.25, 0.3) is 15.9 Å². The van der Waals surface area contributed by atoms with Crippen molar-refractivity contribution in [1.29, 1.82) is 0 Å². The summed E-state index contributed by atoms with van der Waals surface area (Å²) in [7, 11) is -2.18. The van der Waals surface area contributed by atoms with E-state index in [1.54, 1.807) is 60.7 Å². The van der Waals surface area contributed by atoms with Gasteiger partial charge in [-0.1, -0.05) is 18.2 Å². The molecule has 3 aromatic rings. The average molecular weight is 414 g/mol. The largest absolute Gasteiger partial charge is 0.467 e. The maximum Gasteiger partial charge on any atom is 0.261 e. The van der Waals surface area contributed by atoms with Crippen molar-refractivity contribution in [3.63, 3.8) is 0 Å². The molecule has 7 nitrogen and oxygen atoms in total. The Morgan fingerprint density at radius 3 is 2.38 bits per heavy atom. The first-order valence-electron chi connectivity index (χ1n) is 8.98. The zero-order chi connectivity index (χ0) is 20.7. The van der Waals surface area contributed by atoms with Crippen LogP contribution >= 0.6 is 0 Å². The minimum Gasteiger partial charge on any atom is -0.467 e. The van der Waals surface area contributed by atoms with E-state index in [-0.39, 0.29) is 10.8 Å². The van der Waals surface area contributed by atoms with E-state index in [1.165, 1.54) is 24.3 Å². The molecule has 0 spiro atoms. The fourth-order valence-corrected chi connectivity index (χ4v) is 3.78. The predicted octanol–water partition coefficient (Wildman–Crippen LogP) is 3.37. The molecule has 3 rings (SSSR count). The summed E-state index contributed by atoms with van der Waals surface area (Å²) in [6, 6.07) is 18.0. The number of benzene rings is 2. The van der Waals surface area contributed by atoms with Gasteiger partial charge < -0.3 is 14.1 Å². The standard InChI is InChI=1S/C21H22N2O5S/c1-27-15-13-23(16-19-8-5-14-28-19)21(24)17-9-11-20(12-10-17)29(25,26)22-18-6-3-2-4-7-18/h2-12,14,22H,13,15-16H2,1H3. The Bertz CT molecular complexity index is 1020. The van der Waals surface area contributed by atoms with Gasteiger partial charge in [0, 0.05) is 24.9 Å². The number of rotatable bonds is 9. The number of hydrogen-bond donors (Lipinski definition) is 1. The van der Waals surface area contributed by atoms with E-state index in [9.17, 15) is 13.2 Å². The quantitative estimate of drug-likeness (QED) is 0.580. The Hall–Kier alpha value is -3.10. The molecule has 1 amide bonds. The summed E-state index contributed by atoms with van der Waals surface area (Å²) in [4.78, 5) is 14.6. The van der Waals surface area contributed by atoms with E-state index >= 15 is 0 Å². The molecule has 152 valence electrons. The summed E-state index contributed by atoms with van der Waals surface area (Å²) in [5.41, 5.74) is 0.850. The summed E-state index contributed by atoms with van der Waals surface area (Å²) >= 11 is 0. The normalized spacial score (nSPS) is 11.2. The Morgan fingerprint density at radius 2 is 1.76 bits per heavy atom. The third-order valence-electron chi connectivity index (χ3n) is 4.22. The van der Waals surface area contributed by atoms with Crippen LogP contribution < -0.4 is 4.72 Å². The maximum absolute atomic E-state index is 12.9. The summed E-state index contributed by atoms with van der Waals surface area (Å²) in [6.07, 6.45) is 1.55. The number of amides is 1. The minimum absolute atomic E-state index is 0.0763.